The summed E-state index contributed by atoms with van der Waals surface area (Å²) in [5, 5.41) is 14.3. The highest BCUT2D eigenvalue weighted by molar-refractivity contribution is 7.17. The zero-order valence-electron chi connectivity index (χ0n) is 20.1. The number of benzene rings is 1. The van der Waals surface area contributed by atoms with Crippen molar-refractivity contribution in [2.24, 2.45) is 0 Å². The Morgan fingerprint density at radius 2 is 1.86 bits per heavy atom. The molecule has 10 heteroatoms. The van der Waals surface area contributed by atoms with Gasteiger partial charge in [-0.05, 0) is 19.4 Å². The number of hydrogen-bond donors (Lipinski definition) is 2. The first kappa shape index (κ1) is 25.3. The third kappa shape index (κ3) is 5.89. The minimum absolute atomic E-state index is 0.155. The van der Waals surface area contributed by atoms with E-state index in [1.54, 1.807) is 6.92 Å². The van der Waals surface area contributed by atoms with Gasteiger partial charge in [0.2, 0.25) is 0 Å². The SMILES string of the molecule is CCOC(=O)c1c(NC(=O)[C@@H](C)OC(=O)c2cc[n+]([O-])cc2)sc2c1CC[NH+](Cc1ccccc1)C2. The summed E-state index contributed by atoms with van der Waals surface area (Å²) in [4.78, 5) is 40.5. The second-order valence-electron chi connectivity index (χ2n) is 8.50. The summed E-state index contributed by atoms with van der Waals surface area (Å²) < 4.78 is 11.1. The summed E-state index contributed by atoms with van der Waals surface area (Å²) in [7, 11) is 0. The first-order valence-electron chi connectivity index (χ1n) is 11.8. The first-order valence-corrected chi connectivity index (χ1v) is 12.6. The molecule has 188 valence electrons. The highest BCUT2D eigenvalue weighted by atomic mass is 32.1. The highest BCUT2D eigenvalue weighted by Crippen LogP contribution is 2.35. The van der Waals surface area contributed by atoms with Crippen molar-refractivity contribution < 1.29 is 33.5 Å². The zero-order valence-corrected chi connectivity index (χ0v) is 20.9. The number of quaternary nitrogens is 1. The van der Waals surface area contributed by atoms with Crippen LogP contribution in [0.25, 0.3) is 0 Å². The minimum atomic E-state index is -1.12. The maximum Gasteiger partial charge on any atom is 0.341 e. The van der Waals surface area contributed by atoms with E-state index in [1.165, 1.54) is 53.3 Å². The Kier molecular flexibility index (Phi) is 7.97. The van der Waals surface area contributed by atoms with Gasteiger partial charge < -0.3 is 24.9 Å². The molecular formula is C26H28N3O6S+. The summed E-state index contributed by atoms with van der Waals surface area (Å²) in [5.74, 6) is -1.76. The van der Waals surface area contributed by atoms with Crippen molar-refractivity contribution in [2.75, 3.05) is 18.5 Å². The molecule has 2 aromatic heterocycles. The summed E-state index contributed by atoms with van der Waals surface area (Å²) in [6.07, 6.45) is 1.92. The quantitative estimate of drug-likeness (QED) is 0.272. The van der Waals surface area contributed by atoms with Crippen LogP contribution in [0.5, 0.6) is 0 Å². The molecule has 1 amide bonds. The fourth-order valence-corrected chi connectivity index (χ4v) is 5.43. The Labute approximate surface area is 212 Å². The Morgan fingerprint density at radius 1 is 1.14 bits per heavy atom. The minimum Gasteiger partial charge on any atom is -0.619 e. The van der Waals surface area contributed by atoms with E-state index in [1.807, 2.05) is 18.2 Å². The van der Waals surface area contributed by atoms with Gasteiger partial charge in [-0.25, -0.2) is 9.59 Å². The van der Waals surface area contributed by atoms with Crippen molar-refractivity contribution in [2.45, 2.75) is 39.5 Å². The van der Waals surface area contributed by atoms with E-state index in [9.17, 15) is 19.6 Å². The molecule has 4 rings (SSSR count). The van der Waals surface area contributed by atoms with Gasteiger partial charge in [-0.15, -0.1) is 11.3 Å². The number of rotatable bonds is 8. The van der Waals surface area contributed by atoms with Crippen LogP contribution < -0.4 is 14.9 Å². The smallest absolute Gasteiger partial charge is 0.341 e. The molecule has 1 aromatic carbocycles. The van der Waals surface area contributed by atoms with Crippen molar-refractivity contribution in [1.29, 1.82) is 0 Å². The largest absolute Gasteiger partial charge is 0.619 e. The van der Waals surface area contributed by atoms with Gasteiger partial charge >= 0.3 is 11.9 Å². The van der Waals surface area contributed by atoms with Crippen molar-refractivity contribution in [1.82, 2.24) is 0 Å². The van der Waals surface area contributed by atoms with E-state index in [0.29, 0.717) is 21.7 Å². The molecule has 1 unspecified atom stereocenters. The summed E-state index contributed by atoms with van der Waals surface area (Å²) in [6, 6.07) is 12.9. The summed E-state index contributed by atoms with van der Waals surface area (Å²) >= 11 is 1.36. The average Bonchev–Trinajstić information content (AvgIpc) is 3.22. The normalized spacial score (nSPS) is 15.4. The van der Waals surface area contributed by atoms with Crippen LogP contribution in [-0.4, -0.2) is 37.1 Å². The number of pyridine rings is 1. The van der Waals surface area contributed by atoms with Crippen LogP contribution >= 0.6 is 11.3 Å². The van der Waals surface area contributed by atoms with Gasteiger partial charge in [-0.1, -0.05) is 30.3 Å². The highest BCUT2D eigenvalue weighted by Gasteiger charge is 2.32. The number of esters is 2. The number of amides is 1. The van der Waals surface area contributed by atoms with Crippen LogP contribution in [0.2, 0.25) is 0 Å². The number of nitrogens with one attached hydrogen (secondary N) is 2. The third-order valence-electron chi connectivity index (χ3n) is 5.93. The zero-order chi connectivity index (χ0) is 25.7. The number of thiophene rings is 1. The fourth-order valence-electron chi connectivity index (χ4n) is 4.12. The Morgan fingerprint density at radius 3 is 2.56 bits per heavy atom. The molecule has 0 saturated heterocycles. The topological polar surface area (TPSA) is 113 Å². The second-order valence-corrected chi connectivity index (χ2v) is 9.61. The van der Waals surface area contributed by atoms with Gasteiger partial charge in [-0.2, -0.15) is 4.73 Å². The standard InChI is InChI=1S/C26H27N3O6S/c1-3-34-26(32)22-20-11-12-28(15-18-7-5-4-6-8-18)16-21(20)36-24(22)27-23(30)17(2)35-25(31)19-9-13-29(33)14-10-19/h4-10,13-14,17H,3,11-12,15-16H2,1-2H3,(H,27,30)/p+1/t17-/m1/s1. The lowest BCUT2D eigenvalue weighted by molar-refractivity contribution is -0.929. The van der Waals surface area contributed by atoms with Crippen LogP contribution in [0.15, 0.2) is 54.9 Å². The molecule has 0 spiro atoms. The lowest BCUT2D eigenvalue weighted by Crippen LogP contribution is -3.10. The number of anilines is 1. The van der Waals surface area contributed by atoms with Crippen molar-refractivity contribution in [3.8, 4) is 0 Å². The molecule has 36 heavy (non-hydrogen) atoms. The van der Waals surface area contributed by atoms with E-state index in [-0.39, 0.29) is 12.2 Å². The first-order chi connectivity index (χ1) is 17.4. The van der Waals surface area contributed by atoms with Crippen LogP contribution in [0.4, 0.5) is 5.00 Å². The second kappa shape index (κ2) is 11.3. The van der Waals surface area contributed by atoms with Gasteiger partial charge in [0.15, 0.2) is 18.5 Å². The van der Waals surface area contributed by atoms with Crippen molar-refractivity contribution >= 4 is 34.2 Å². The number of fused-ring (bicyclic) bond motifs is 1. The van der Waals surface area contributed by atoms with Gasteiger partial charge in [-0.3, -0.25) is 4.79 Å². The third-order valence-corrected chi connectivity index (χ3v) is 7.08. The number of aromatic nitrogens is 1. The number of carbonyl (C=O) groups is 3. The number of nitrogens with zero attached hydrogens (tertiary/aromatic N) is 1. The maximum absolute atomic E-state index is 12.9. The molecule has 0 bridgehead atoms. The number of hydrogen-bond acceptors (Lipinski definition) is 7. The van der Waals surface area contributed by atoms with Crippen molar-refractivity contribution in [3.05, 3.63) is 87.2 Å². The lowest BCUT2D eigenvalue weighted by Gasteiger charge is -2.24. The number of carbonyl (C=O) groups excluding carboxylic acids is 3. The molecule has 3 aromatic rings. The monoisotopic (exact) mass is 510 g/mol. The molecule has 0 saturated carbocycles. The van der Waals surface area contributed by atoms with E-state index >= 15 is 0 Å². The van der Waals surface area contributed by atoms with Crippen LogP contribution in [-0.2, 0) is 33.8 Å². The predicted molar refractivity (Wildman–Crippen MR) is 133 cm³/mol. The van der Waals surface area contributed by atoms with Gasteiger partial charge in [0.25, 0.3) is 5.91 Å². The van der Waals surface area contributed by atoms with Crippen LogP contribution in [0, 0.1) is 5.21 Å². The average molecular weight is 511 g/mol. The number of ether oxygens (including phenoxy) is 2. The summed E-state index contributed by atoms with van der Waals surface area (Å²) in [5.41, 5.74) is 2.68. The Balaban J connectivity index is 1.49. The van der Waals surface area contributed by atoms with E-state index in [4.69, 9.17) is 9.47 Å². The molecule has 1 aliphatic rings. The molecule has 1 aliphatic heterocycles. The molecule has 2 atom stereocenters. The molecule has 3 heterocycles. The molecule has 0 radical (unpaired) electrons. The van der Waals surface area contributed by atoms with Gasteiger partial charge in [0.1, 0.15) is 18.1 Å². The molecule has 2 N–H and O–H groups in total. The van der Waals surface area contributed by atoms with Crippen molar-refractivity contribution in [3.63, 3.8) is 0 Å². The van der Waals surface area contributed by atoms with Crippen LogP contribution in [0.1, 0.15) is 50.6 Å². The fraction of sp³-hybridized carbons (Fsp3) is 0.308. The Hall–Kier alpha value is -3.76. The van der Waals surface area contributed by atoms with Gasteiger partial charge in [0, 0.05) is 24.1 Å². The van der Waals surface area contributed by atoms with E-state index in [0.717, 1.165) is 30.1 Å². The maximum atomic E-state index is 12.9. The summed E-state index contributed by atoms with van der Waals surface area (Å²) in [6.45, 7) is 5.86. The lowest BCUT2D eigenvalue weighted by atomic mass is 10.0. The van der Waals surface area contributed by atoms with E-state index in [2.05, 4.69) is 17.4 Å². The van der Waals surface area contributed by atoms with E-state index < -0.39 is 23.9 Å². The predicted octanol–water partition coefficient (Wildman–Crippen LogP) is 1.88. The Bertz CT molecular complexity index is 1240. The molecule has 0 fully saturated rings. The molecule has 0 aliphatic carbocycles. The molecule has 9 nitrogen and oxygen atoms in total. The van der Waals surface area contributed by atoms with Gasteiger partial charge in [0.05, 0.1) is 29.2 Å². The molecular weight excluding hydrogens is 482 g/mol. The van der Waals surface area contributed by atoms with Crippen LogP contribution in [0.3, 0.4) is 0 Å².